The molecule has 412 valence electrons. The van der Waals surface area contributed by atoms with E-state index in [-0.39, 0.29) is 12.5 Å². The lowest BCUT2D eigenvalue weighted by Gasteiger charge is -2.20. The van der Waals surface area contributed by atoms with Crippen LogP contribution in [0.5, 0.6) is 0 Å². The summed E-state index contributed by atoms with van der Waals surface area (Å²) in [4.78, 5) is 12.5. The first-order valence-electron chi connectivity index (χ1n) is 30.7. The number of unbranched alkanes of at least 4 members (excludes halogenated alkanes) is 30. The van der Waals surface area contributed by atoms with Gasteiger partial charge >= 0.3 is 0 Å². The summed E-state index contributed by atoms with van der Waals surface area (Å²) in [6, 6.07) is -0.644. The van der Waals surface area contributed by atoms with E-state index in [1.165, 1.54) is 167 Å². The fourth-order valence-corrected chi connectivity index (χ4v) is 8.82. The number of aliphatic hydroxyl groups is 2. The van der Waals surface area contributed by atoms with E-state index in [0.29, 0.717) is 6.42 Å². The highest BCUT2D eigenvalue weighted by atomic mass is 16.3. The maximum absolute atomic E-state index is 12.5. The summed E-state index contributed by atoms with van der Waals surface area (Å²) in [7, 11) is 0. The van der Waals surface area contributed by atoms with E-state index in [9.17, 15) is 15.0 Å². The Morgan fingerprint density at radius 1 is 0.347 bits per heavy atom. The summed E-state index contributed by atoms with van der Waals surface area (Å²) in [5.74, 6) is -0.0851. The maximum atomic E-state index is 12.5. The molecule has 0 fully saturated rings. The number of rotatable bonds is 55. The minimum Gasteiger partial charge on any atom is -0.394 e. The molecule has 4 heteroatoms. The molecule has 0 heterocycles. The van der Waals surface area contributed by atoms with Gasteiger partial charge in [0.25, 0.3) is 0 Å². The number of amides is 1. The number of hydrogen-bond acceptors (Lipinski definition) is 3. The van der Waals surface area contributed by atoms with Gasteiger partial charge in [0.1, 0.15) is 0 Å². The van der Waals surface area contributed by atoms with Crippen LogP contribution in [0.15, 0.2) is 122 Å². The van der Waals surface area contributed by atoms with E-state index in [2.05, 4.69) is 129 Å². The van der Waals surface area contributed by atoms with E-state index in [1.807, 2.05) is 6.08 Å². The van der Waals surface area contributed by atoms with E-state index in [4.69, 9.17) is 0 Å². The first-order valence-corrected chi connectivity index (χ1v) is 30.7. The first-order chi connectivity index (χ1) is 35.7. The van der Waals surface area contributed by atoms with Crippen LogP contribution in [-0.4, -0.2) is 34.9 Å². The third kappa shape index (κ3) is 57.7. The zero-order chi connectivity index (χ0) is 52.0. The molecule has 1 amide bonds. The molecule has 4 nitrogen and oxygen atoms in total. The number of hydrogen-bond donors (Lipinski definition) is 3. The number of allylic oxidation sites excluding steroid dienone is 19. The number of carbonyl (C=O) groups excluding carboxylic acids is 1. The summed E-state index contributed by atoms with van der Waals surface area (Å²) in [6.45, 7) is 4.20. The van der Waals surface area contributed by atoms with Gasteiger partial charge in [-0.05, 0) is 89.9 Å². The van der Waals surface area contributed by atoms with Gasteiger partial charge in [0.05, 0.1) is 18.8 Å². The predicted molar refractivity (Wildman–Crippen MR) is 322 cm³/mol. The molecule has 0 aromatic carbocycles. The minimum atomic E-state index is -0.858. The third-order valence-electron chi connectivity index (χ3n) is 13.5. The zero-order valence-corrected chi connectivity index (χ0v) is 47.4. The number of aliphatic hydroxyl groups excluding tert-OH is 2. The summed E-state index contributed by atoms with van der Waals surface area (Å²) < 4.78 is 0. The highest BCUT2D eigenvalue weighted by Crippen LogP contribution is 2.17. The standard InChI is InChI=1S/C68H117NO3/c1-3-5-7-9-11-13-15-17-19-21-23-25-27-29-31-32-33-34-35-36-38-40-42-44-46-48-50-52-54-56-58-60-62-64-68(72)69-66(65-70)67(71)63-61-59-57-55-53-51-49-47-45-43-41-39-37-30-28-26-24-22-20-18-16-14-12-10-8-6-4-2/h5,7,11,13,17,19,23,25,29,31,33-34,36,38,42,44,48,50,61,63,66-67,70-71H,3-4,6,8-10,12,14-16,18,20-22,24,26-28,30,32,35,37,39-41,43,45-47,49,51-60,62,64-65H2,1-2H3,(H,69,72)/b7-5-,13-11-,19-17-,25-23-,31-29-,34-33-,38-36-,44-42-,50-48-,63-61+. The average molecular weight is 997 g/mol. The highest BCUT2D eigenvalue weighted by Gasteiger charge is 2.18. The van der Waals surface area contributed by atoms with Gasteiger partial charge in [-0.2, -0.15) is 0 Å². The fourth-order valence-electron chi connectivity index (χ4n) is 8.82. The van der Waals surface area contributed by atoms with Crippen molar-refractivity contribution in [2.24, 2.45) is 0 Å². The Kier molecular flexibility index (Phi) is 59.3. The third-order valence-corrected chi connectivity index (χ3v) is 13.5. The monoisotopic (exact) mass is 996 g/mol. The minimum absolute atomic E-state index is 0.0851. The van der Waals surface area contributed by atoms with Crippen molar-refractivity contribution in [1.29, 1.82) is 0 Å². The normalized spacial score (nSPS) is 13.7. The van der Waals surface area contributed by atoms with Crippen LogP contribution in [0.3, 0.4) is 0 Å². The molecular formula is C68H117NO3. The smallest absolute Gasteiger partial charge is 0.220 e. The molecule has 0 bridgehead atoms. The van der Waals surface area contributed by atoms with Crippen LogP contribution in [0, 0.1) is 0 Å². The molecule has 0 saturated heterocycles. The van der Waals surface area contributed by atoms with Crippen LogP contribution in [0.2, 0.25) is 0 Å². The Labute approximate surface area is 448 Å². The van der Waals surface area contributed by atoms with E-state index in [1.54, 1.807) is 6.08 Å². The van der Waals surface area contributed by atoms with Gasteiger partial charge in [-0.3, -0.25) is 4.79 Å². The van der Waals surface area contributed by atoms with Gasteiger partial charge < -0.3 is 15.5 Å². The molecule has 0 aliphatic carbocycles. The number of nitrogens with one attached hydrogen (secondary N) is 1. The predicted octanol–water partition coefficient (Wildman–Crippen LogP) is 20.8. The quantitative estimate of drug-likeness (QED) is 0.0420. The first kappa shape index (κ1) is 68.8. The summed E-state index contributed by atoms with van der Waals surface area (Å²) in [5, 5.41) is 23.2. The average Bonchev–Trinajstić information content (AvgIpc) is 3.39. The molecule has 0 saturated carbocycles. The Hall–Kier alpha value is -3.21. The molecule has 0 aliphatic heterocycles. The van der Waals surface area contributed by atoms with Crippen molar-refractivity contribution >= 4 is 5.91 Å². The lowest BCUT2D eigenvalue weighted by Crippen LogP contribution is -2.45. The second-order valence-corrected chi connectivity index (χ2v) is 20.4. The lowest BCUT2D eigenvalue weighted by molar-refractivity contribution is -0.123. The molecule has 72 heavy (non-hydrogen) atoms. The molecule has 0 rings (SSSR count). The van der Waals surface area contributed by atoms with Crippen LogP contribution in [0.1, 0.15) is 284 Å². The Morgan fingerprint density at radius 3 is 0.917 bits per heavy atom. The van der Waals surface area contributed by atoms with Crippen LogP contribution in [0.4, 0.5) is 0 Å². The molecule has 2 atom stereocenters. The van der Waals surface area contributed by atoms with Crippen LogP contribution in [-0.2, 0) is 4.79 Å². The van der Waals surface area contributed by atoms with Crippen molar-refractivity contribution in [3.8, 4) is 0 Å². The molecule has 0 aromatic rings. The van der Waals surface area contributed by atoms with Gasteiger partial charge in [0.15, 0.2) is 0 Å². The van der Waals surface area contributed by atoms with Crippen LogP contribution >= 0.6 is 0 Å². The van der Waals surface area contributed by atoms with E-state index in [0.717, 1.165) is 96.3 Å². The second-order valence-electron chi connectivity index (χ2n) is 20.4. The van der Waals surface area contributed by atoms with Crippen molar-refractivity contribution in [2.45, 2.75) is 296 Å². The van der Waals surface area contributed by atoms with Crippen molar-refractivity contribution in [1.82, 2.24) is 5.32 Å². The molecule has 2 unspecified atom stereocenters. The SMILES string of the molecule is CC/C=C\C/C=C\C/C=C\C/C=C\C/C=C\C/C=C\C/C=C\C/C=C\C/C=C\CCCCCCCC(=O)NC(CO)C(O)/C=C/CCCCCCCCCCCCCCCCCCCCCCCCCCC. The largest absolute Gasteiger partial charge is 0.394 e. The van der Waals surface area contributed by atoms with Gasteiger partial charge in [-0.25, -0.2) is 0 Å². The van der Waals surface area contributed by atoms with Crippen LogP contribution in [0.25, 0.3) is 0 Å². The van der Waals surface area contributed by atoms with Gasteiger partial charge in [0, 0.05) is 6.42 Å². The maximum Gasteiger partial charge on any atom is 0.220 e. The van der Waals surface area contributed by atoms with Crippen molar-refractivity contribution in [2.75, 3.05) is 6.61 Å². The summed E-state index contributed by atoms with van der Waals surface area (Å²) >= 11 is 0. The Balaban J connectivity index is 3.61. The Morgan fingerprint density at radius 2 is 0.611 bits per heavy atom. The summed E-state index contributed by atoms with van der Waals surface area (Å²) in [6.07, 6.45) is 95.1. The molecule has 3 N–H and O–H groups in total. The molecule has 0 aliphatic rings. The fraction of sp³-hybridized carbons (Fsp3) is 0.691. The van der Waals surface area contributed by atoms with Crippen molar-refractivity contribution in [3.05, 3.63) is 122 Å². The zero-order valence-electron chi connectivity index (χ0n) is 47.4. The summed E-state index contributed by atoms with van der Waals surface area (Å²) in [5.41, 5.74) is 0. The van der Waals surface area contributed by atoms with Gasteiger partial charge in [0.2, 0.25) is 5.91 Å². The van der Waals surface area contributed by atoms with Gasteiger partial charge in [-0.1, -0.05) is 309 Å². The number of carbonyl (C=O) groups is 1. The molecule has 0 aromatic heterocycles. The lowest BCUT2D eigenvalue weighted by atomic mass is 10.0. The molecule has 0 spiro atoms. The van der Waals surface area contributed by atoms with Crippen LogP contribution < -0.4 is 5.32 Å². The van der Waals surface area contributed by atoms with E-state index < -0.39 is 12.1 Å². The van der Waals surface area contributed by atoms with Gasteiger partial charge in [-0.15, -0.1) is 0 Å². The Bertz CT molecular complexity index is 1410. The topological polar surface area (TPSA) is 69.6 Å². The van der Waals surface area contributed by atoms with E-state index >= 15 is 0 Å². The second kappa shape index (κ2) is 62.1. The molecule has 0 radical (unpaired) electrons. The highest BCUT2D eigenvalue weighted by molar-refractivity contribution is 5.76. The van der Waals surface area contributed by atoms with Crippen molar-refractivity contribution in [3.63, 3.8) is 0 Å². The van der Waals surface area contributed by atoms with Crippen molar-refractivity contribution < 1.29 is 15.0 Å². The molecular weight excluding hydrogens is 879 g/mol.